The molecule has 1 aliphatic rings. The van der Waals surface area contributed by atoms with E-state index >= 15 is 0 Å². The number of rotatable bonds is 11. The average Bonchev–Trinajstić information content (AvgIpc) is 3.36. The lowest BCUT2D eigenvalue weighted by atomic mass is 9.90. The number of nitrogens with two attached hydrogens (primary N) is 2. The lowest BCUT2D eigenvalue weighted by Gasteiger charge is -2.44. The molecule has 0 aliphatic carbocycles. The molecule has 242 valence electrons. The quantitative estimate of drug-likeness (QED) is 0.202. The van der Waals surface area contributed by atoms with E-state index in [1.165, 1.54) is 28.8 Å². The fourth-order valence-corrected chi connectivity index (χ4v) is 6.43. The van der Waals surface area contributed by atoms with Crippen molar-refractivity contribution in [2.45, 2.75) is 58.7 Å². The molecule has 1 aromatic heterocycles. The van der Waals surface area contributed by atoms with Gasteiger partial charge in [-0.2, -0.15) is 0 Å². The molecule has 1 fully saturated rings. The number of nitrogens with zero attached hydrogens (tertiary/aromatic N) is 3. The number of aryl methyl sites for hydroxylation is 2. The Bertz CT molecular complexity index is 1620. The van der Waals surface area contributed by atoms with Crippen molar-refractivity contribution in [2.75, 3.05) is 39.8 Å². The molecule has 1 aliphatic heterocycles. The Morgan fingerprint density at radius 2 is 1.62 bits per heavy atom. The lowest BCUT2D eigenvalue weighted by Crippen LogP contribution is -2.52. The molecule has 0 unspecified atom stereocenters. The fraction of sp³-hybridized carbons (Fsp3) is 0.429. The third-order valence-electron chi connectivity index (χ3n) is 8.93. The number of methoxy groups -OCH3 is 1. The molecule has 5 rings (SSSR count). The lowest BCUT2D eigenvalue weighted by molar-refractivity contribution is -0.274. The summed E-state index contributed by atoms with van der Waals surface area (Å²) >= 11 is 0. The molecule has 0 saturated carbocycles. The van der Waals surface area contributed by atoms with E-state index in [-0.39, 0.29) is 17.8 Å². The highest BCUT2D eigenvalue weighted by atomic mass is 19.4. The second kappa shape index (κ2) is 13.4. The normalized spacial score (nSPS) is 15.1. The summed E-state index contributed by atoms with van der Waals surface area (Å²) in [5.74, 6) is 0.607. The standard InChI is InChI=1S/C35H44F3N5O2/c1-24-16-27(20-29(17-24)44-4)34(2,3)43-14-12-41(13-15-43)22-25-6-9-33-31(18-25)32(23-42(33)11-5-10-39)30-8-7-28(19-26(30)21-40)45-35(36,37)38/h6-9,16-20,23H,5,10-15,21-22,39-40H2,1-4H3. The molecule has 45 heavy (non-hydrogen) atoms. The monoisotopic (exact) mass is 623 g/mol. The maximum atomic E-state index is 12.9. The van der Waals surface area contributed by atoms with Gasteiger partial charge in [-0.25, -0.2) is 0 Å². The van der Waals surface area contributed by atoms with Gasteiger partial charge in [0.25, 0.3) is 0 Å². The van der Waals surface area contributed by atoms with Gasteiger partial charge in [0, 0.05) is 74.0 Å². The van der Waals surface area contributed by atoms with E-state index in [0.717, 1.165) is 73.5 Å². The predicted molar refractivity (Wildman–Crippen MR) is 173 cm³/mol. The van der Waals surface area contributed by atoms with E-state index in [2.05, 4.69) is 82.5 Å². The number of benzene rings is 3. The van der Waals surface area contributed by atoms with Crippen LogP contribution in [0, 0.1) is 6.92 Å². The largest absolute Gasteiger partial charge is 0.573 e. The minimum atomic E-state index is -4.77. The molecule has 7 nitrogen and oxygen atoms in total. The van der Waals surface area contributed by atoms with Crippen LogP contribution in [0.5, 0.6) is 11.5 Å². The van der Waals surface area contributed by atoms with Crippen molar-refractivity contribution >= 4 is 10.9 Å². The Balaban J connectivity index is 1.38. The first-order valence-electron chi connectivity index (χ1n) is 15.5. The van der Waals surface area contributed by atoms with Crippen LogP contribution in [0.4, 0.5) is 13.2 Å². The Morgan fingerprint density at radius 3 is 2.29 bits per heavy atom. The molecule has 3 aromatic carbocycles. The van der Waals surface area contributed by atoms with Gasteiger partial charge < -0.3 is 25.5 Å². The van der Waals surface area contributed by atoms with Crippen LogP contribution >= 0.6 is 0 Å². The van der Waals surface area contributed by atoms with Crippen LogP contribution in [0.1, 0.15) is 42.5 Å². The molecule has 1 saturated heterocycles. The van der Waals surface area contributed by atoms with Gasteiger partial charge in [0.15, 0.2) is 0 Å². The van der Waals surface area contributed by atoms with Crippen LogP contribution in [0.2, 0.25) is 0 Å². The summed E-state index contributed by atoms with van der Waals surface area (Å²) in [6, 6.07) is 17.4. The summed E-state index contributed by atoms with van der Waals surface area (Å²) in [6.45, 7) is 12.6. The van der Waals surface area contributed by atoms with Crippen LogP contribution in [0.3, 0.4) is 0 Å². The fourth-order valence-electron chi connectivity index (χ4n) is 6.43. The van der Waals surface area contributed by atoms with Crippen molar-refractivity contribution in [2.24, 2.45) is 11.5 Å². The number of aromatic nitrogens is 1. The van der Waals surface area contributed by atoms with Gasteiger partial charge in [-0.15, -0.1) is 13.2 Å². The minimum absolute atomic E-state index is 0.0789. The molecule has 4 N–H and O–H groups in total. The zero-order valence-electron chi connectivity index (χ0n) is 26.6. The maximum absolute atomic E-state index is 12.9. The van der Waals surface area contributed by atoms with Crippen LogP contribution in [-0.4, -0.2) is 60.6 Å². The summed E-state index contributed by atoms with van der Waals surface area (Å²) in [6.07, 6.45) is -1.90. The van der Waals surface area contributed by atoms with E-state index < -0.39 is 6.36 Å². The zero-order chi connectivity index (χ0) is 32.4. The minimum Gasteiger partial charge on any atom is -0.497 e. The molecule has 2 heterocycles. The van der Waals surface area contributed by atoms with Crippen molar-refractivity contribution in [1.82, 2.24) is 14.4 Å². The Morgan fingerprint density at radius 1 is 0.867 bits per heavy atom. The highest BCUT2D eigenvalue weighted by Gasteiger charge is 2.33. The molecule has 4 aromatic rings. The number of hydrogen-bond acceptors (Lipinski definition) is 6. The van der Waals surface area contributed by atoms with Crippen molar-refractivity contribution in [3.63, 3.8) is 0 Å². The van der Waals surface area contributed by atoms with Crippen molar-refractivity contribution in [1.29, 1.82) is 0 Å². The van der Waals surface area contributed by atoms with E-state index in [0.29, 0.717) is 12.1 Å². The summed E-state index contributed by atoms with van der Waals surface area (Å²) in [4.78, 5) is 5.02. The highest BCUT2D eigenvalue weighted by Crippen LogP contribution is 2.37. The summed E-state index contributed by atoms with van der Waals surface area (Å²) in [5, 5.41) is 1.04. The topological polar surface area (TPSA) is 81.9 Å². The van der Waals surface area contributed by atoms with E-state index in [9.17, 15) is 13.2 Å². The summed E-state index contributed by atoms with van der Waals surface area (Å²) in [7, 11) is 1.71. The number of ether oxygens (including phenoxy) is 2. The van der Waals surface area contributed by atoms with Crippen LogP contribution in [-0.2, 0) is 25.2 Å². The average molecular weight is 624 g/mol. The number of fused-ring (bicyclic) bond motifs is 1. The first kappa shape index (κ1) is 32.8. The molecular weight excluding hydrogens is 579 g/mol. The molecule has 0 amide bonds. The SMILES string of the molecule is COc1cc(C)cc(C(C)(C)N2CCN(Cc3ccc4c(c3)c(-c3ccc(OC(F)(F)F)cc3CN)cn4CCCN)CC2)c1. The first-order valence-corrected chi connectivity index (χ1v) is 15.5. The van der Waals surface area contributed by atoms with Gasteiger partial charge in [-0.3, -0.25) is 9.80 Å². The van der Waals surface area contributed by atoms with Crippen molar-refractivity contribution in [3.8, 4) is 22.6 Å². The predicted octanol–water partition coefficient (Wildman–Crippen LogP) is 6.38. The summed E-state index contributed by atoms with van der Waals surface area (Å²) < 4.78 is 50.5. The zero-order valence-corrected chi connectivity index (χ0v) is 26.6. The second-order valence-corrected chi connectivity index (χ2v) is 12.4. The molecule has 10 heteroatoms. The van der Waals surface area contributed by atoms with E-state index in [1.807, 2.05) is 0 Å². The number of halogens is 3. The molecule has 0 spiro atoms. The van der Waals surface area contributed by atoms with Gasteiger partial charge in [-0.1, -0.05) is 18.2 Å². The molecule has 0 bridgehead atoms. The van der Waals surface area contributed by atoms with Crippen molar-refractivity contribution in [3.05, 3.63) is 83.0 Å². The third-order valence-corrected chi connectivity index (χ3v) is 8.93. The number of alkyl halides is 3. The molecule has 0 atom stereocenters. The second-order valence-electron chi connectivity index (χ2n) is 12.4. The Kier molecular flexibility index (Phi) is 9.79. The maximum Gasteiger partial charge on any atom is 0.573 e. The van der Waals surface area contributed by atoms with E-state index in [1.54, 1.807) is 13.2 Å². The van der Waals surface area contributed by atoms with Crippen LogP contribution < -0.4 is 20.9 Å². The summed E-state index contributed by atoms with van der Waals surface area (Å²) in [5.41, 5.74) is 18.7. The number of piperazine rings is 1. The third kappa shape index (κ3) is 7.47. The van der Waals surface area contributed by atoms with Crippen LogP contribution in [0.25, 0.3) is 22.0 Å². The van der Waals surface area contributed by atoms with Gasteiger partial charge in [0.05, 0.1) is 7.11 Å². The number of hydrogen-bond donors (Lipinski definition) is 2. The Hall–Kier alpha value is -3.57. The first-order chi connectivity index (χ1) is 21.4. The van der Waals surface area contributed by atoms with Gasteiger partial charge in [-0.05, 0) is 98.0 Å². The Labute approximate surface area is 263 Å². The molecule has 0 radical (unpaired) electrons. The van der Waals surface area contributed by atoms with Gasteiger partial charge in [0.1, 0.15) is 11.5 Å². The van der Waals surface area contributed by atoms with Crippen molar-refractivity contribution < 1.29 is 22.6 Å². The smallest absolute Gasteiger partial charge is 0.497 e. The van der Waals surface area contributed by atoms with Crippen LogP contribution in [0.15, 0.2) is 60.8 Å². The van der Waals surface area contributed by atoms with Gasteiger partial charge >= 0.3 is 6.36 Å². The molecular formula is C35H44F3N5O2. The highest BCUT2D eigenvalue weighted by molar-refractivity contribution is 5.97. The van der Waals surface area contributed by atoms with E-state index in [4.69, 9.17) is 16.2 Å². The van der Waals surface area contributed by atoms with Gasteiger partial charge in [0.2, 0.25) is 0 Å².